The van der Waals surface area contributed by atoms with Gasteiger partial charge in [0.15, 0.2) is 0 Å². The molecule has 0 nitrogen and oxygen atoms in total. The fourth-order valence-corrected chi connectivity index (χ4v) is 5.87. The van der Waals surface area contributed by atoms with E-state index in [9.17, 15) is 8.78 Å². The summed E-state index contributed by atoms with van der Waals surface area (Å²) >= 11 is 0. The summed E-state index contributed by atoms with van der Waals surface area (Å²) in [6.45, 7) is 6.09. The molecule has 0 aliphatic heterocycles. The molecular formula is C21H34F2. The number of alkyl halides is 2. The van der Waals surface area contributed by atoms with E-state index in [-0.39, 0.29) is 0 Å². The Hall–Kier alpha value is -0.400. The van der Waals surface area contributed by atoms with Crippen LogP contribution in [0.25, 0.3) is 0 Å². The SMILES string of the molecule is C=CC1CCC(C2CCC(C3CC(F)C(F)CC3C)CC2)CC1. The van der Waals surface area contributed by atoms with Gasteiger partial charge in [-0.05, 0) is 99.7 Å². The lowest BCUT2D eigenvalue weighted by Gasteiger charge is -2.43. The summed E-state index contributed by atoms with van der Waals surface area (Å²) in [6, 6.07) is 0. The van der Waals surface area contributed by atoms with Gasteiger partial charge in [-0.3, -0.25) is 0 Å². The highest BCUT2D eigenvalue weighted by Gasteiger charge is 2.41. The van der Waals surface area contributed by atoms with Gasteiger partial charge in [0.1, 0.15) is 12.3 Å². The standard InChI is InChI=1S/C21H34F2/c1-3-15-4-6-16(7-5-15)17-8-10-18(11-9-17)19-13-21(23)20(22)12-14(19)2/h3,14-21H,1,4-13H2,2H3. The van der Waals surface area contributed by atoms with Crippen molar-refractivity contribution >= 4 is 0 Å². The Morgan fingerprint density at radius 3 is 1.78 bits per heavy atom. The highest BCUT2D eigenvalue weighted by molar-refractivity contribution is 4.91. The molecule has 3 aliphatic rings. The van der Waals surface area contributed by atoms with Crippen molar-refractivity contribution in [1.82, 2.24) is 0 Å². The number of rotatable bonds is 3. The van der Waals surface area contributed by atoms with Crippen molar-refractivity contribution in [2.75, 3.05) is 0 Å². The van der Waals surface area contributed by atoms with Gasteiger partial charge in [0.05, 0.1) is 0 Å². The zero-order valence-corrected chi connectivity index (χ0v) is 14.7. The van der Waals surface area contributed by atoms with E-state index in [4.69, 9.17) is 0 Å². The van der Waals surface area contributed by atoms with E-state index in [1.165, 1.54) is 51.4 Å². The molecule has 0 bridgehead atoms. The molecule has 0 spiro atoms. The van der Waals surface area contributed by atoms with Gasteiger partial charge in [0.25, 0.3) is 0 Å². The van der Waals surface area contributed by atoms with Crippen molar-refractivity contribution in [2.45, 2.75) is 83.5 Å². The average molecular weight is 324 g/mol. The first-order valence-electron chi connectivity index (χ1n) is 9.99. The molecule has 0 aromatic heterocycles. The Labute approximate surface area is 141 Å². The molecule has 0 N–H and O–H groups in total. The first kappa shape index (κ1) is 17.4. The molecule has 23 heavy (non-hydrogen) atoms. The van der Waals surface area contributed by atoms with Crippen LogP contribution in [0.1, 0.15) is 71.1 Å². The van der Waals surface area contributed by atoms with Gasteiger partial charge in [-0.2, -0.15) is 0 Å². The summed E-state index contributed by atoms with van der Waals surface area (Å²) < 4.78 is 27.4. The predicted octanol–water partition coefficient (Wildman–Crippen LogP) is 6.51. The highest BCUT2D eigenvalue weighted by atomic mass is 19.2. The zero-order valence-electron chi connectivity index (χ0n) is 14.7. The molecule has 0 aromatic carbocycles. The summed E-state index contributed by atoms with van der Waals surface area (Å²) in [5.41, 5.74) is 0. The quantitative estimate of drug-likeness (QED) is 0.519. The molecule has 3 saturated carbocycles. The van der Waals surface area contributed by atoms with Crippen LogP contribution in [-0.4, -0.2) is 12.3 Å². The van der Waals surface area contributed by atoms with Crippen molar-refractivity contribution in [1.29, 1.82) is 0 Å². The molecule has 0 radical (unpaired) electrons. The van der Waals surface area contributed by atoms with E-state index >= 15 is 0 Å². The van der Waals surface area contributed by atoms with Crippen molar-refractivity contribution < 1.29 is 8.78 Å². The van der Waals surface area contributed by atoms with Gasteiger partial charge in [0.2, 0.25) is 0 Å². The Morgan fingerprint density at radius 2 is 1.22 bits per heavy atom. The largest absolute Gasteiger partial charge is 0.244 e. The van der Waals surface area contributed by atoms with Crippen LogP contribution in [0, 0.1) is 35.5 Å². The molecule has 3 fully saturated rings. The molecular weight excluding hydrogens is 290 g/mol. The average Bonchev–Trinajstić information content (AvgIpc) is 2.58. The van der Waals surface area contributed by atoms with Crippen molar-refractivity contribution in [2.24, 2.45) is 35.5 Å². The van der Waals surface area contributed by atoms with Crippen LogP contribution >= 0.6 is 0 Å². The summed E-state index contributed by atoms with van der Waals surface area (Å²) in [6.07, 6.45) is 11.2. The summed E-state index contributed by atoms with van der Waals surface area (Å²) in [5.74, 6) is 4.00. The van der Waals surface area contributed by atoms with Crippen molar-refractivity contribution in [3.63, 3.8) is 0 Å². The topological polar surface area (TPSA) is 0 Å². The maximum atomic E-state index is 13.8. The molecule has 0 aromatic rings. The van der Waals surface area contributed by atoms with Gasteiger partial charge in [0, 0.05) is 0 Å². The van der Waals surface area contributed by atoms with Gasteiger partial charge in [-0.15, -0.1) is 6.58 Å². The molecule has 0 heterocycles. The van der Waals surface area contributed by atoms with E-state index < -0.39 is 12.3 Å². The Kier molecular flexibility index (Phi) is 5.80. The molecule has 4 unspecified atom stereocenters. The molecule has 2 heteroatoms. The fourth-order valence-electron chi connectivity index (χ4n) is 5.87. The van der Waals surface area contributed by atoms with Gasteiger partial charge < -0.3 is 0 Å². The van der Waals surface area contributed by atoms with E-state index in [2.05, 4.69) is 19.6 Å². The first-order valence-corrected chi connectivity index (χ1v) is 9.99. The minimum absolute atomic E-state index is 0.363. The third kappa shape index (κ3) is 3.99. The monoisotopic (exact) mass is 324 g/mol. The lowest BCUT2D eigenvalue weighted by Crippen LogP contribution is -2.38. The highest BCUT2D eigenvalue weighted by Crippen LogP contribution is 2.47. The Morgan fingerprint density at radius 1 is 0.739 bits per heavy atom. The number of halogens is 2. The van der Waals surface area contributed by atoms with Gasteiger partial charge in [-0.25, -0.2) is 8.78 Å². The zero-order chi connectivity index (χ0) is 16.4. The van der Waals surface area contributed by atoms with E-state index in [0.717, 1.165) is 17.8 Å². The predicted molar refractivity (Wildman–Crippen MR) is 92.8 cm³/mol. The second-order valence-corrected chi connectivity index (χ2v) is 8.73. The molecule has 4 atom stereocenters. The van der Waals surface area contributed by atoms with E-state index in [1.54, 1.807) is 0 Å². The van der Waals surface area contributed by atoms with Gasteiger partial charge in [-0.1, -0.05) is 13.0 Å². The molecule has 0 amide bonds. The maximum Gasteiger partial charge on any atom is 0.131 e. The van der Waals surface area contributed by atoms with Gasteiger partial charge >= 0.3 is 0 Å². The lowest BCUT2D eigenvalue weighted by atomic mass is 9.63. The van der Waals surface area contributed by atoms with Crippen LogP contribution in [0.4, 0.5) is 8.78 Å². The van der Waals surface area contributed by atoms with E-state index in [0.29, 0.717) is 30.6 Å². The van der Waals surface area contributed by atoms with Crippen LogP contribution in [-0.2, 0) is 0 Å². The molecule has 3 aliphatic carbocycles. The Balaban J connectivity index is 1.48. The molecule has 0 saturated heterocycles. The second-order valence-electron chi connectivity index (χ2n) is 8.73. The maximum absolute atomic E-state index is 13.8. The van der Waals surface area contributed by atoms with Crippen LogP contribution in [0.5, 0.6) is 0 Å². The van der Waals surface area contributed by atoms with E-state index in [1.807, 2.05) is 0 Å². The molecule has 3 rings (SSSR count). The number of hydrogen-bond donors (Lipinski definition) is 0. The third-order valence-electron chi connectivity index (χ3n) is 7.46. The lowest BCUT2D eigenvalue weighted by molar-refractivity contribution is 0.0148. The first-order chi connectivity index (χ1) is 11.1. The smallest absolute Gasteiger partial charge is 0.131 e. The normalized spacial score (nSPS) is 48.8. The van der Waals surface area contributed by atoms with Crippen LogP contribution in [0.2, 0.25) is 0 Å². The number of hydrogen-bond acceptors (Lipinski definition) is 0. The number of allylic oxidation sites excluding steroid dienone is 1. The summed E-state index contributed by atoms with van der Waals surface area (Å²) in [4.78, 5) is 0. The molecule has 132 valence electrons. The third-order valence-corrected chi connectivity index (χ3v) is 7.46. The van der Waals surface area contributed by atoms with Crippen molar-refractivity contribution in [3.8, 4) is 0 Å². The van der Waals surface area contributed by atoms with Crippen LogP contribution < -0.4 is 0 Å². The van der Waals surface area contributed by atoms with Crippen molar-refractivity contribution in [3.05, 3.63) is 12.7 Å². The minimum atomic E-state index is -1.21. The fraction of sp³-hybridized carbons (Fsp3) is 0.905. The van der Waals surface area contributed by atoms with Crippen LogP contribution in [0.3, 0.4) is 0 Å². The second kappa shape index (κ2) is 7.66. The summed E-state index contributed by atoms with van der Waals surface area (Å²) in [7, 11) is 0. The Bertz CT molecular complexity index is 377. The van der Waals surface area contributed by atoms with Crippen LogP contribution in [0.15, 0.2) is 12.7 Å². The summed E-state index contributed by atoms with van der Waals surface area (Å²) in [5, 5.41) is 0. The minimum Gasteiger partial charge on any atom is -0.244 e.